The van der Waals surface area contributed by atoms with Gasteiger partial charge in [-0.1, -0.05) is 17.4 Å². The third kappa shape index (κ3) is 3.62. The summed E-state index contributed by atoms with van der Waals surface area (Å²) >= 11 is 1.20. The maximum atomic E-state index is 11.5. The second-order valence-electron chi connectivity index (χ2n) is 5.92. The minimum Gasteiger partial charge on any atom is -0.490 e. The summed E-state index contributed by atoms with van der Waals surface area (Å²) in [5.41, 5.74) is 2.70. The lowest BCUT2D eigenvalue weighted by Gasteiger charge is -2.08. The first kappa shape index (κ1) is 17.4. The molecule has 8 heteroatoms. The average molecular weight is 381 g/mol. The molecule has 0 spiro atoms. The van der Waals surface area contributed by atoms with Gasteiger partial charge < -0.3 is 14.8 Å². The predicted octanol–water partition coefficient (Wildman–Crippen LogP) is 2.53. The van der Waals surface area contributed by atoms with Crippen LogP contribution in [0, 0.1) is 5.92 Å². The van der Waals surface area contributed by atoms with E-state index in [0.29, 0.717) is 11.6 Å². The third-order valence-corrected chi connectivity index (χ3v) is 4.99. The summed E-state index contributed by atoms with van der Waals surface area (Å²) in [6.07, 6.45) is 3.45. The fraction of sp³-hybridized carbons (Fsp3) is 0.158. The van der Waals surface area contributed by atoms with Gasteiger partial charge in [-0.3, -0.25) is 4.79 Å². The van der Waals surface area contributed by atoms with Gasteiger partial charge in [0, 0.05) is 6.20 Å². The molecule has 0 fully saturated rings. The SMILES string of the molecule is C[C](c1ccc2[nH]c(=O)sc2c1)c1ccn(-c2ccc(OCCO)cn2)n1. The van der Waals surface area contributed by atoms with Crippen LogP contribution >= 0.6 is 11.3 Å². The van der Waals surface area contributed by atoms with Gasteiger partial charge in [0.1, 0.15) is 12.4 Å². The second kappa shape index (κ2) is 7.34. The fourth-order valence-corrected chi connectivity index (χ4v) is 3.51. The van der Waals surface area contributed by atoms with Crippen molar-refractivity contribution in [3.63, 3.8) is 0 Å². The molecule has 137 valence electrons. The zero-order valence-corrected chi connectivity index (χ0v) is 15.4. The van der Waals surface area contributed by atoms with Gasteiger partial charge in [-0.15, -0.1) is 0 Å². The Morgan fingerprint density at radius 1 is 1.30 bits per heavy atom. The third-order valence-electron chi connectivity index (χ3n) is 4.14. The van der Waals surface area contributed by atoms with Crippen LogP contribution in [0.25, 0.3) is 16.0 Å². The van der Waals surface area contributed by atoms with Crippen LogP contribution in [-0.2, 0) is 0 Å². The molecule has 2 N–H and O–H groups in total. The number of hydrogen-bond donors (Lipinski definition) is 2. The summed E-state index contributed by atoms with van der Waals surface area (Å²) in [4.78, 5) is 18.6. The second-order valence-corrected chi connectivity index (χ2v) is 6.93. The largest absolute Gasteiger partial charge is 0.490 e. The molecule has 0 saturated carbocycles. The Morgan fingerprint density at radius 2 is 2.19 bits per heavy atom. The number of pyridine rings is 1. The number of nitrogens with one attached hydrogen (secondary N) is 1. The van der Waals surface area contributed by atoms with Crippen molar-refractivity contribution in [1.82, 2.24) is 19.7 Å². The van der Waals surface area contributed by atoms with Crippen molar-refractivity contribution >= 4 is 21.6 Å². The molecule has 1 aromatic carbocycles. The summed E-state index contributed by atoms with van der Waals surface area (Å²) in [5, 5.41) is 13.4. The lowest BCUT2D eigenvalue weighted by atomic mass is 9.98. The molecule has 1 radical (unpaired) electrons. The molecule has 0 atom stereocenters. The molecule has 4 aromatic rings. The summed E-state index contributed by atoms with van der Waals surface area (Å²) < 4.78 is 7.94. The molecular weight excluding hydrogens is 364 g/mol. The molecule has 4 rings (SSSR count). The molecule has 0 aliphatic heterocycles. The van der Waals surface area contributed by atoms with Crippen LogP contribution in [0.3, 0.4) is 0 Å². The number of fused-ring (bicyclic) bond motifs is 1. The Bertz CT molecular complexity index is 1110. The zero-order valence-electron chi connectivity index (χ0n) is 14.5. The maximum Gasteiger partial charge on any atom is 0.305 e. The number of aliphatic hydroxyl groups is 1. The molecule has 0 bridgehead atoms. The summed E-state index contributed by atoms with van der Waals surface area (Å²) in [6.45, 7) is 2.20. The van der Waals surface area contributed by atoms with E-state index in [9.17, 15) is 4.79 Å². The molecule has 3 aromatic heterocycles. The van der Waals surface area contributed by atoms with Crippen molar-refractivity contribution < 1.29 is 9.84 Å². The quantitative estimate of drug-likeness (QED) is 0.535. The first-order chi connectivity index (χ1) is 13.1. The highest BCUT2D eigenvalue weighted by Crippen LogP contribution is 2.26. The van der Waals surface area contributed by atoms with E-state index in [4.69, 9.17) is 9.84 Å². The first-order valence-corrected chi connectivity index (χ1v) is 9.18. The monoisotopic (exact) mass is 381 g/mol. The van der Waals surface area contributed by atoms with E-state index in [1.807, 2.05) is 43.5 Å². The Hall–Kier alpha value is -2.97. The molecule has 7 nitrogen and oxygen atoms in total. The van der Waals surface area contributed by atoms with Crippen molar-refractivity contribution in [2.24, 2.45) is 0 Å². The van der Waals surface area contributed by atoms with Crippen LogP contribution in [0.1, 0.15) is 18.2 Å². The number of ether oxygens (including phenoxy) is 1. The lowest BCUT2D eigenvalue weighted by Crippen LogP contribution is -2.04. The standard InChI is InChI=1S/C19H17N4O3S/c1-12(13-2-4-16-17(10-13)27-19(25)21-16)15-6-7-23(22-15)18-5-3-14(11-20-18)26-9-8-24/h2-7,10-11,24H,8-9H2,1H3,(H,21,25). The highest BCUT2D eigenvalue weighted by molar-refractivity contribution is 7.16. The molecule has 27 heavy (non-hydrogen) atoms. The van der Waals surface area contributed by atoms with E-state index in [1.165, 1.54) is 11.3 Å². The number of benzene rings is 1. The van der Waals surface area contributed by atoms with E-state index >= 15 is 0 Å². The highest BCUT2D eigenvalue weighted by Gasteiger charge is 2.14. The highest BCUT2D eigenvalue weighted by atomic mass is 32.1. The summed E-state index contributed by atoms with van der Waals surface area (Å²) in [6, 6.07) is 11.4. The fourth-order valence-electron chi connectivity index (χ4n) is 2.73. The Kier molecular flexibility index (Phi) is 4.74. The molecule has 0 saturated heterocycles. The number of hydrogen-bond acceptors (Lipinski definition) is 6. The van der Waals surface area contributed by atoms with Gasteiger partial charge in [-0.25, -0.2) is 9.67 Å². The maximum absolute atomic E-state index is 11.5. The van der Waals surface area contributed by atoms with Crippen molar-refractivity contribution in [3.05, 3.63) is 75.6 Å². The van der Waals surface area contributed by atoms with Gasteiger partial charge in [0.2, 0.25) is 0 Å². The predicted molar refractivity (Wildman–Crippen MR) is 104 cm³/mol. The zero-order chi connectivity index (χ0) is 18.8. The van der Waals surface area contributed by atoms with Crippen LogP contribution in [0.5, 0.6) is 5.75 Å². The number of aromatic amines is 1. The van der Waals surface area contributed by atoms with Crippen molar-refractivity contribution in [1.29, 1.82) is 0 Å². The average Bonchev–Trinajstić information content (AvgIpc) is 3.31. The normalized spacial score (nSPS) is 11.4. The topological polar surface area (TPSA) is 93.0 Å². The van der Waals surface area contributed by atoms with Crippen LogP contribution in [0.15, 0.2) is 53.6 Å². The van der Waals surface area contributed by atoms with Gasteiger partial charge >= 0.3 is 4.87 Å². The van der Waals surface area contributed by atoms with Gasteiger partial charge in [0.05, 0.1) is 34.6 Å². The van der Waals surface area contributed by atoms with Crippen molar-refractivity contribution in [2.75, 3.05) is 13.2 Å². The minimum absolute atomic E-state index is 0.0369. The van der Waals surface area contributed by atoms with E-state index in [1.54, 1.807) is 16.9 Å². The van der Waals surface area contributed by atoms with Crippen LogP contribution in [0.4, 0.5) is 0 Å². The molecule has 0 unspecified atom stereocenters. The van der Waals surface area contributed by atoms with Gasteiger partial charge in [-0.2, -0.15) is 5.10 Å². The van der Waals surface area contributed by atoms with E-state index in [2.05, 4.69) is 15.1 Å². The molecular formula is C19H17N4O3S. The number of aromatic nitrogens is 4. The van der Waals surface area contributed by atoms with Gasteiger partial charge in [0.15, 0.2) is 5.82 Å². The summed E-state index contributed by atoms with van der Waals surface area (Å²) in [7, 11) is 0. The number of thiazole rings is 1. The number of aliphatic hydroxyl groups excluding tert-OH is 1. The number of rotatable bonds is 6. The van der Waals surface area contributed by atoms with Gasteiger partial charge in [-0.05, 0) is 42.8 Å². The Labute approximate surface area is 158 Å². The van der Waals surface area contributed by atoms with E-state index < -0.39 is 0 Å². The van der Waals surface area contributed by atoms with Crippen LogP contribution < -0.4 is 9.61 Å². The minimum atomic E-state index is -0.0541. The molecule has 0 aliphatic rings. The van der Waals surface area contributed by atoms with E-state index in [-0.39, 0.29) is 18.1 Å². The van der Waals surface area contributed by atoms with E-state index in [0.717, 1.165) is 27.4 Å². The molecule has 3 heterocycles. The van der Waals surface area contributed by atoms with Crippen molar-refractivity contribution in [2.45, 2.75) is 6.92 Å². The number of H-pyrrole nitrogens is 1. The van der Waals surface area contributed by atoms with Gasteiger partial charge in [0.25, 0.3) is 0 Å². The van der Waals surface area contributed by atoms with Crippen LogP contribution in [0.2, 0.25) is 0 Å². The lowest BCUT2D eigenvalue weighted by molar-refractivity contribution is 0.201. The Morgan fingerprint density at radius 3 is 2.96 bits per heavy atom. The summed E-state index contributed by atoms with van der Waals surface area (Å²) in [5.74, 6) is 2.28. The Balaban J connectivity index is 1.56. The first-order valence-electron chi connectivity index (χ1n) is 8.37. The van der Waals surface area contributed by atoms with Crippen molar-refractivity contribution in [3.8, 4) is 11.6 Å². The number of nitrogens with zero attached hydrogens (tertiary/aromatic N) is 3. The van der Waals surface area contributed by atoms with Crippen LogP contribution in [-0.4, -0.2) is 38.1 Å². The molecule has 0 aliphatic carbocycles. The molecule has 0 amide bonds. The smallest absolute Gasteiger partial charge is 0.305 e.